The Labute approximate surface area is 126 Å². The third-order valence-corrected chi connectivity index (χ3v) is 3.62. The maximum atomic E-state index is 10.5. The Balaban J connectivity index is 1.66. The van der Waals surface area contributed by atoms with Gasteiger partial charge in [0, 0.05) is 24.3 Å². The Bertz CT molecular complexity index is 585. The van der Waals surface area contributed by atoms with Crippen LogP contribution >= 0.6 is 11.8 Å². The van der Waals surface area contributed by atoms with E-state index in [2.05, 4.69) is 15.2 Å². The fourth-order valence-corrected chi connectivity index (χ4v) is 2.31. The van der Waals surface area contributed by atoms with Gasteiger partial charge in [0.05, 0.1) is 11.5 Å². The molecule has 1 heterocycles. The second-order valence-corrected chi connectivity index (χ2v) is 5.28. The standard InChI is InChI=1S/C13H16N4O3S/c1-2-12-14-13(16-15-12)21-9-3-8-20-11-6-4-10(5-7-11)17(18)19/h4-7H,2-3,8-9H2,1H3,(H,14,15,16). The number of hydrogen-bond donors (Lipinski definition) is 1. The Morgan fingerprint density at radius 1 is 1.38 bits per heavy atom. The van der Waals surface area contributed by atoms with Crippen molar-refractivity contribution in [2.24, 2.45) is 0 Å². The quantitative estimate of drug-likeness (QED) is 0.349. The van der Waals surface area contributed by atoms with Gasteiger partial charge in [0.2, 0.25) is 5.16 Å². The number of non-ortho nitro benzene ring substituents is 1. The number of aryl methyl sites for hydroxylation is 1. The van der Waals surface area contributed by atoms with E-state index in [4.69, 9.17) is 4.74 Å². The van der Waals surface area contributed by atoms with E-state index in [1.165, 1.54) is 12.1 Å². The highest BCUT2D eigenvalue weighted by molar-refractivity contribution is 7.99. The lowest BCUT2D eigenvalue weighted by Gasteiger charge is -2.04. The molecule has 0 radical (unpaired) electrons. The third kappa shape index (κ3) is 4.75. The summed E-state index contributed by atoms with van der Waals surface area (Å²) in [5, 5.41) is 18.2. The van der Waals surface area contributed by atoms with Crippen LogP contribution in [-0.4, -0.2) is 32.5 Å². The minimum atomic E-state index is -0.429. The van der Waals surface area contributed by atoms with Crippen LogP contribution in [0.3, 0.4) is 0 Å². The van der Waals surface area contributed by atoms with Gasteiger partial charge in [0.15, 0.2) is 0 Å². The van der Waals surface area contributed by atoms with E-state index in [1.807, 2.05) is 6.92 Å². The molecular weight excluding hydrogens is 292 g/mol. The number of nitrogens with one attached hydrogen (secondary N) is 1. The summed E-state index contributed by atoms with van der Waals surface area (Å²) in [5.41, 5.74) is 0.0641. The molecule has 0 amide bonds. The lowest BCUT2D eigenvalue weighted by Crippen LogP contribution is -1.99. The summed E-state index contributed by atoms with van der Waals surface area (Å²) in [6.45, 7) is 2.57. The number of nitrogens with zero attached hydrogens (tertiary/aromatic N) is 3. The van der Waals surface area contributed by atoms with E-state index in [-0.39, 0.29) is 5.69 Å². The molecule has 0 saturated carbocycles. The van der Waals surface area contributed by atoms with Gasteiger partial charge in [0.1, 0.15) is 11.6 Å². The number of nitro groups is 1. The monoisotopic (exact) mass is 308 g/mol. The number of thioether (sulfide) groups is 1. The maximum Gasteiger partial charge on any atom is 0.269 e. The molecule has 21 heavy (non-hydrogen) atoms. The molecule has 0 aliphatic carbocycles. The average Bonchev–Trinajstić information content (AvgIpc) is 2.95. The van der Waals surface area contributed by atoms with E-state index in [1.54, 1.807) is 23.9 Å². The van der Waals surface area contributed by atoms with Gasteiger partial charge in [0.25, 0.3) is 5.69 Å². The molecule has 2 rings (SSSR count). The highest BCUT2D eigenvalue weighted by atomic mass is 32.2. The Morgan fingerprint density at radius 2 is 2.14 bits per heavy atom. The van der Waals surface area contributed by atoms with Crippen molar-refractivity contribution in [3.05, 3.63) is 40.2 Å². The van der Waals surface area contributed by atoms with Crippen LogP contribution in [0.1, 0.15) is 19.2 Å². The van der Waals surface area contributed by atoms with Crippen molar-refractivity contribution >= 4 is 17.4 Å². The molecule has 8 heteroatoms. The summed E-state index contributed by atoms with van der Waals surface area (Å²) < 4.78 is 5.52. The molecule has 1 aromatic carbocycles. The van der Waals surface area contributed by atoms with Crippen LogP contribution in [0.4, 0.5) is 5.69 Å². The van der Waals surface area contributed by atoms with Crippen molar-refractivity contribution in [1.82, 2.24) is 15.2 Å². The normalized spacial score (nSPS) is 10.5. The second-order valence-electron chi connectivity index (χ2n) is 4.22. The van der Waals surface area contributed by atoms with Gasteiger partial charge in [-0.2, -0.15) is 0 Å². The molecule has 1 N–H and O–H groups in total. The number of hydrogen-bond acceptors (Lipinski definition) is 6. The number of H-pyrrole nitrogens is 1. The highest BCUT2D eigenvalue weighted by Gasteiger charge is 2.05. The van der Waals surface area contributed by atoms with E-state index in [0.717, 1.165) is 29.6 Å². The topological polar surface area (TPSA) is 93.9 Å². The summed E-state index contributed by atoms with van der Waals surface area (Å²) in [7, 11) is 0. The van der Waals surface area contributed by atoms with Gasteiger partial charge in [-0.25, -0.2) is 4.98 Å². The van der Waals surface area contributed by atoms with Gasteiger partial charge in [-0.05, 0) is 18.6 Å². The Hall–Kier alpha value is -2.09. The summed E-state index contributed by atoms with van der Waals surface area (Å²) in [6, 6.07) is 6.08. The average molecular weight is 308 g/mol. The molecular formula is C13H16N4O3S. The second kappa shape index (κ2) is 7.63. The van der Waals surface area contributed by atoms with Crippen LogP contribution in [0.25, 0.3) is 0 Å². The first-order valence-corrected chi connectivity index (χ1v) is 7.59. The first-order chi connectivity index (χ1) is 10.2. The van der Waals surface area contributed by atoms with Crippen molar-refractivity contribution < 1.29 is 9.66 Å². The zero-order chi connectivity index (χ0) is 15.1. The summed E-state index contributed by atoms with van der Waals surface area (Å²) in [5.74, 6) is 2.38. The number of benzene rings is 1. The molecule has 2 aromatic rings. The largest absolute Gasteiger partial charge is 0.494 e. The Morgan fingerprint density at radius 3 is 2.76 bits per heavy atom. The van der Waals surface area contributed by atoms with Crippen LogP contribution in [0.5, 0.6) is 5.75 Å². The van der Waals surface area contributed by atoms with Crippen molar-refractivity contribution in [3.8, 4) is 5.75 Å². The predicted molar refractivity (Wildman–Crippen MR) is 79.7 cm³/mol. The molecule has 0 aliphatic heterocycles. The lowest BCUT2D eigenvalue weighted by atomic mass is 10.3. The zero-order valence-electron chi connectivity index (χ0n) is 11.6. The number of ether oxygens (including phenoxy) is 1. The van der Waals surface area contributed by atoms with E-state index < -0.39 is 4.92 Å². The lowest BCUT2D eigenvalue weighted by molar-refractivity contribution is -0.384. The highest BCUT2D eigenvalue weighted by Crippen LogP contribution is 2.18. The predicted octanol–water partition coefficient (Wildman–Crippen LogP) is 2.84. The van der Waals surface area contributed by atoms with E-state index in [0.29, 0.717) is 12.4 Å². The molecule has 112 valence electrons. The number of nitro benzene ring substituents is 1. The van der Waals surface area contributed by atoms with Crippen molar-refractivity contribution in [2.75, 3.05) is 12.4 Å². The summed E-state index contributed by atoms with van der Waals surface area (Å²) >= 11 is 1.58. The van der Waals surface area contributed by atoms with Crippen LogP contribution < -0.4 is 4.74 Å². The SMILES string of the molecule is CCc1nc(SCCCOc2ccc([N+](=O)[O-])cc2)n[nH]1. The van der Waals surface area contributed by atoms with Crippen LogP contribution in [0.15, 0.2) is 29.4 Å². The van der Waals surface area contributed by atoms with Crippen molar-refractivity contribution in [3.63, 3.8) is 0 Å². The minimum absolute atomic E-state index is 0.0641. The summed E-state index contributed by atoms with van der Waals surface area (Å²) in [4.78, 5) is 14.4. The minimum Gasteiger partial charge on any atom is -0.494 e. The maximum absolute atomic E-state index is 10.5. The first-order valence-electron chi connectivity index (χ1n) is 6.60. The van der Waals surface area contributed by atoms with Crippen LogP contribution in [0.2, 0.25) is 0 Å². The molecule has 0 unspecified atom stereocenters. The Kier molecular flexibility index (Phi) is 5.56. The molecule has 0 bridgehead atoms. The zero-order valence-corrected chi connectivity index (χ0v) is 12.4. The molecule has 7 nitrogen and oxygen atoms in total. The molecule has 0 atom stereocenters. The van der Waals surface area contributed by atoms with Crippen LogP contribution in [-0.2, 0) is 6.42 Å². The number of aromatic nitrogens is 3. The van der Waals surface area contributed by atoms with Gasteiger partial charge < -0.3 is 4.74 Å². The van der Waals surface area contributed by atoms with Gasteiger partial charge in [-0.3, -0.25) is 15.2 Å². The van der Waals surface area contributed by atoms with E-state index >= 15 is 0 Å². The molecule has 0 fully saturated rings. The van der Waals surface area contributed by atoms with Crippen LogP contribution in [0, 0.1) is 10.1 Å². The van der Waals surface area contributed by atoms with Crippen molar-refractivity contribution in [2.45, 2.75) is 24.9 Å². The smallest absolute Gasteiger partial charge is 0.269 e. The van der Waals surface area contributed by atoms with Gasteiger partial charge in [-0.1, -0.05) is 18.7 Å². The van der Waals surface area contributed by atoms with Gasteiger partial charge in [-0.15, -0.1) is 5.10 Å². The molecule has 0 spiro atoms. The fourth-order valence-electron chi connectivity index (χ4n) is 1.58. The summed E-state index contributed by atoms with van der Waals surface area (Å²) in [6.07, 6.45) is 1.69. The molecule has 0 aliphatic rings. The fraction of sp³-hybridized carbons (Fsp3) is 0.385. The molecule has 1 aromatic heterocycles. The van der Waals surface area contributed by atoms with Crippen molar-refractivity contribution in [1.29, 1.82) is 0 Å². The first kappa shape index (κ1) is 15.3. The van der Waals surface area contributed by atoms with E-state index in [9.17, 15) is 10.1 Å². The molecule has 0 saturated heterocycles. The van der Waals surface area contributed by atoms with Gasteiger partial charge >= 0.3 is 0 Å². The third-order valence-electron chi connectivity index (χ3n) is 2.68. The number of aromatic amines is 1. The number of rotatable bonds is 8.